The van der Waals surface area contributed by atoms with Crippen molar-refractivity contribution < 1.29 is 8.78 Å². The number of nitrogens with zero attached hydrogens (tertiary/aromatic N) is 2. The number of nitrogens with two attached hydrogens (primary N) is 1. The molecule has 1 heterocycles. The number of rotatable bonds is 3. The van der Waals surface area contributed by atoms with Crippen LogP contribution in [0.4, 0.5) is 8.78 Å². The van der Waals surface area contributed by atoms with Crippen molar-refractivity contribution in [3.63, 3.8) is 0 Å². The molecule has 1 aliphatic rings. The molecule has 1 aliphatic heterocycles. The highest BCUT2D eigenvalue weighted by atomic mass is 19.1. The fraction of sp³-hybridized carbons (Fsp3) is 0.500. The SMILES string of the molecule is CC(C)CN1C(N)=NCC1(C)c1ccc(F)cc1F. The van der Waals surface area contributed by atoms with Crippen LogP contribution in [0.25, 0.3) is 0 Å². The van der Waals surface area contributed by atoms with Gasteiger partial charge in [0.25, 0.3) is 0 Å². The Bertz CT molecular complexity index is 513. The fourth-order valence-corrected chi connectivity index (χ4v) is 2.48. The lowest BCUT2D eigenvalue weighted by atomic mass is 9.90. The second-order valence-electron chi connectivity index (χ2n) is 5.58. The quantitative estimate of drug-likeness (QED) is 0.914. The molecule has 2 N–H and O–H groups in total. The number of hydrogen-bond donors (Lipinski definition) is 1. The van der Waals surface area contributed by atoms with E-state index in [1.165, 1.54) is 12.1 Å². The van der Waals surface area contributed by atoms with E-state index in [1.54, 1.807) is 0 Å². The Morgan fingerprint density at radius 1 is 1.42 bits per heavy atom. The summed E-state index contributed by atoms with van der Waals surface area (Å²) >= 11 is 0. The molecule has 0 aliphatic carbocycles. The van der Waals surface area contributed by atoms with E-state index in [4.69, 9.17) is 5.73 Å². The zero-order valence-corrected chi connectivity index (χ0v) is 11.5. The summed E-state index contributed by atoms with van der Waals surface area (Å²) in [5, 5.41) is 0. The summed E-state index contributed by atoms with van der Waals surface area (Å²) in [6.07, 6.45) is 0. The number of hydrogen-bond acceptors (Lipinski definition) is 3. The van der Waals surface area contributed by atoms with E-state index in [2.05, 4.69) is 18.8 Å². The summed E-state index contributed by atoms with van der Waals surface area (Å²) in [7, 11) is 0. The van der Waals surface area contributed by atoms with E-state index < -0.39 is 17.2 Å². The molecular weight excluding hydrogens is 248 g/mol. The van der Waals surface area contributed by atoms with Crippen molar-refractivity contribution in [2.45, 2.75) is 26.3 Å². The van der Waals surface area contributed by atoms with Crippen molar-refractivity contribution >= 4 is 5.96 Å². The molecule has 3 nitrogen and oxygen atoms in total. The number of benzene rings is 1. The second-order valence-corrected chi connectivity index (χ2v) is 5.58. The summed E-state index contributed by atoms with van der Waals surface area (Å²) in [4.78, 5) is 6.12. The lowest BCUT2D eigenvalue weighted by Crippen LogP contribution is -2.49. The van der Waals surface area contributed by atoms with Crippen LogP contribution in [-0.4, -0.2) is 23.9 Å². The summed E-state index contributed by atoms with van der Waals surface area (Å²) in [6, 6.07) is 3.65. The predicted octanol–water partition coefficient (Wildman–Crippen LogP) is 2.47. The smallest absolute Gasteiger partial charge is 0.192 e. The minimum Gasteiger partial charge on any atom is -0.370 e. The maximum Gasteiger partial charge on any atom is 0.192 e. The Labute approximate surface area is 112 Å². The molecular formula is C14H19F2N3. The minimum atomic E-state index is -0.647. The molecule has 2 rings (SSSR count). The van der Waals surface area contributed by atoms with Crippen LogP contribution >= 0.6 is 0 Å². The monoisotopic (exact) mass is 267 g/mol. The van der Waals surface area contributed by atoms with E-state index in [1.807, 2.05) is 11.8 Å². The molecule has 0 fully saturated rings. The van der Waals surface area contributed by atoms with Gasteiger partial charge in [0.2, 0.25) is 0 Å². The van der Waals surface area contributed by atoms with E-state index in [-0.39, 0.29) is 0 Å². The first-order valence-electron chi connectivity index (χ1n) is 6.37. The molecule has 0 radical (unpaired) electrons. The first kappa shape index (κ1) is 13.8. The lowest BCUT2D eigenvalue weighted by Gasteiger charge is -2.37. The van der Waals surface area contributed by atoms with Crippen LogP contribution in [0.15, 0.2) is 23.2 Å². The van der Waals surface area contributed by atoms with Gasteiger partial charge >= 0.3 is 0 Å². The van der Waals surface area contributed by atoms with Crippen LogP contribution in [-0.2, 0) is 5.54 Å². The van der Waals surface area contributed by atoms with Gasteiger partial charge in [0.05, 0.1) is 12.1 Å². The average molecular weight is 267 g/mol. The minimum absolute atomic E-state index is 0.370. The molecule has 0 bridgehead atoms. The van der Waals surface area contributed by atoms with Crippen LogP contribution in [0.2, 0.25) is 0 Å². The van der Waals surface area contributed by atoms with Gasteiger partial charge in [0, 0.05) is 18.2 Å². The largest absolute Gasteiger partial charge is 0.370 e. The van der Waals surface area contributed by atoms with Crippen molar-refractivity contribution in [2.24, 2.45) is 16.6 Å². The highest BCUT2D eigenvalue weighted by Gasteiger charge is 2.41. The fourth-order valence-electron chi connectivity index (χ4n) is 2.48. The Balaban J connectivity index is 2.41. The normalized spacial score (nSPS) is 23.1. The molecule has 1 aromatic carbocycles. The third kappa shape index (κ3) is 2.41. The molecule has 0 saturated heterocycles. The zero-order chi connectivity index (χ0) is 14.2. The van der Waals surface area contributed by atoms with Gasteiger partial charge in [0.1, 0.15) is 11.6 Å². The molecule has 0 aromatic heterocycles. The first-order valence-corrected chi connectivity index (χ1v) is 6.37. The maximum absolute atomic E-state index is 14.0. The van der Waals surface area contributed by atoms with Crippen LogP contribution in [0.5, 0.6) is 0 Å². The van der Waals surface area contributed by atoms with Gasteiger partial charge in [-0.1, -0.05) is 19.9 Å². The molecule has 5 heteroatoms. The Hall–Kier alpha value is -1.65. The van der Waals surface area contributed by atoms with Gasteiger partial charge in [-0.3, -0.25) is 4.99 Å². The van der Waals surface area contributed by atoms with Gasteiger partial charge in [0.15, 0.2) is 5.96 Å². The molecule has 104 valence electrons. The van der Waals surface area contributed by atoms with Crippen molar-refractivity contribution in [3.8, 4) is 0 Å². The van der Waals surface area contributed by atoms with Crippen LogP contribution in [0, 0.1) is 17.6 Å². The van der Waals surface area contributed by atoms with Crippen molar-refractivity contribution in [1.29, 1.82) is 0 Å². The van der Waals surface area contributed by atoms with Gasteiger partial charge in [-0.05, 0) is 18.9 Å². The number of guanidine groups is 1. The van der Waals surface area contributed by atoms with Crippen molar-refractivity contribution in [2.75, 3.05) is 13.1 Å². The highest BCUT2D eigenvalue weighted by molar-refractivity contribution is 5.81. The lowest BCUT2D eigenvalue weighted by molar-refractivity contribution is 0.198. The molecule has 0 spiro atoms. The third-order valence-electron chi connectivity index (χ3n) is 3.48. The maximum atomic E-state index is 14.0. The molecule has 1 unspecified atom stereocenters. The second kappa shape index (κ2) is 4.79. The van der Waals surface area contributed by atoms with E-state index in [0.29, 0.717) is 30.5 Å². The van der Waals surface area contributed by atoms with Crippen molar-refractivity contribution in [3.05, 3.63) is 35.4 Å². The van der Waals surface area contributed by atoms with E-state index in [9.17, 15) is 8.78 Å². The van der Waals surface area contributed by atoms with Crippen LogP contribution in [0.3, 0.4) is 0 Å². The van der Waals surface area contributed by atoms with Crippen molar-refractivity contribution in [1.82, 2.24) is 4.90 Å². The molecule has 1 atom stereocenters. The Morgan fingerprint density at radius 3 is 2.68 bits per heavy atom. The van der Waals surface area contributed by atoms with Crippen LogP contribution < -0.4 is 5.73 Å². The zero-order valence-electron chi connectivity index (χ0n) is 11.5. The summed E-state index contributed by atoms with van der Waals surface area (Å²) < 4.78 is 27.1. The predicted molar refractivity (Wildman–Crippen MR) is 71.7 cm³/mol. The van der Waals surface area contributed by atoms with E-state index in [0.717, 1.165) is 6.07 Å². The molecule has 19 heavy (non-hydrogen) atoms. The number of aliphatic imine (C=N–C) groups is 1. The summed E-state index contributed by atoms with van der Waals surface area (Å²) in [6.45, 7) is 7.08. The highest BCUT2D eigenvalue weighted by Crippen LogP contribution is 2.34. The standard InChI is InChI=1S/C14H19F2N3/c1-9(2)7-19-13(17)18-8-14(19,3)11-5-4-10(15)6-12(11)16/h4-6,9H,7-8H2,1-3H3,(H2,17,18). The summed E-state index contributed by atoms with van der Waals surface area (Å²) in [5.41, 5.74) is 5.68. The molecule has 0 amide bonds. The van der Waals surface area contributed by atoms with Crippen LogP contribution in [0.1, 0.15) is 26.3 Å². The molecule has 1 aromatic rings. The van der Waals surface area contributed by atoms with Gasteiger partial charge < -0.3 is 10.6 Å². The Morgan fingerprint density at radius 2 is 2.11 bits per heavy atom. The van der Waals surface area contributed by atoms with Gasteiger partial charge in [-0.25, -0.2) is 8.78 Å². The topological polar surface area (TPSA) is 41.6 Å². The Kier molecular flexibility index (Phi) is 3.47. The first-order chi connectivity index (χ1) is 8.84. The number of halogens is 2. The van der Waals surface area contributed by atoms with Gasteiger partial charge in [-0.15, -0.1) is 0 Å². The third-order valence-corrected chi connectivity index (χ3v) is 3.48. The van der Waals surface area contributed by atoms with Gasteiger partial charge in [-0.2, -0.15) is 0 Å². The summed E-state index contributed by atoms with van der Waals surface area (Å²) in [5.74, 6) is -0.345. The molecule has 0 saturated carbocycles. The van der Waals surface area contributed by atoms with E-state index >= 15 is 0 Å². The average Bonchev–Trinajstić information content (AvgIpc) is 2.57.